The molecule has 1 amide bonds. The van der Waals surface area contributed by atoms with Crippen LogP contribution in [0.25, 0.3) is 0 Å². The minimum absolute atomic E-state index is 0.160. The monoisotopic (exact) mass is 347 g/mol. The lowest BCUT2D eigenvalue weighted by molar-refractivity contribution is -0.113. The van der Waals surface area contributed by atoms with Gasteiger partial charge in [-0.3, -0.25) is 4.79 Å². The van der Waals surface area contributed by atoms with Crippen LogP contribution in [0.3, 0.4) is 0 Å². The third kappa shape index (κ3) is 3.75. The summed E-state index contributed by atoms with van der Waals surface area (Å²) in [5.74, 6) is -1.39. The highest BCUT2D eigenvalue weighted by molar-refractivity contribution is 7.92. The first-order valence-electron chi connectivity index (χ1n) is 5.74. The summed E-state index contributed by atoms with van der Waals surface area (Å²) in [6.07, 6.45) is 2.84. The molecule has 0 unspecified atom stereocenters. The molecule has 1 N–H and O–H groups in total. The van der Waals surface area contributed by atoms with Gasteiger partial charge >= 0.3 is 0 Å². The number of carbonyl (C=O) groups excluding carboxylic acids is 1. The van der Waals surface area contributed by atoms with Gasteiger partial charge in [-0.05, 0) is 18.2 Å². The number of carbonyl (C=O) groups is 1. The van der Waals surface area contributed by atoms with Crippen molar-refractivity contribution in [2.45, 2.75) is 5.16 Å². The third-order valence-electron chi connectivity index (χ3n) is 2.58. The van der Waals surface area contributed by atoms with Crippen molar-refractivity contribution in [3.8, 4) is 0 Å². The highest BCUT2D eigenvalue weighted by Gasteiger charge is 2.23. The van der Waals surface area contributed by atoms with E-state index in [9.17, 15) is 13.2 Å². The molecule has 0 radical (unpaired) electrons. The fourth-order valence-corrected chi connectivity index (χ4v) is 3.23. The quantitative estimate of drug-likeness (QED) is 0.918. The number of halogens is 2. The van der Waals surface area contributed by atoms with Gasteiger partial charge in [-0.1, -0.05) is 23.2 Å². The second kappa shape index (κ2) is 6.05. The Bertz CT molecular complexity index is 787. The third-order valence-corrected chi connectivity index (χ3v) is 4.91. The predicted octanol–water partition coefficient (Wildman–Crippen LogP) is 2.14. The van der Waals surface area contributed by atoms with Gasteiger partial charge in [0, 0.05) is 25.1 Å². The molecule has 0 bridgehead atoms. The number of nitrogens with one attached hydrogen (secondary N) is 1. The largest absolute Gasteiger partial charge is 0.325 e. The SMILES string of the molecule is Cn1ccnc1S(=O)(=O)CC(=O)Nc1ccc(Cl)c(Cl)c1. The minimum Gasteiger partial charge on any atom is -0.325 e. The Kier molecular flexibility index (Phi) is 4.55. The van der Waals surface area contributed by atoms with E-state index in [2.05, 4.69) is 10.3 Å². The summed E-state index contributed by atoms with van der Waals surface area (Å²) >= 11 is 11.6. The number of aromatic nitrogens is 2. The highest BCUT2D eigenvalue weighted by atomic mass is 35.5. The zero-order valence-electron chi connectivity index (χ0n) is 10.9. The number of anilines is 1. The average Bonchev–Trinajstić information content (AvgIpc) is 2.80. The molecule has 1 aromatic heterocycles. The Balaban J connectivity index is 2.11. The number of hydrogen-bond donors (Lipinski definition) is 1. The maximum atomic E-state index is 12.0. The summed E-state index contributed by atoms with van der Waals surface area (Å²) in [7, 11) is -2.27. The van der Waals surface area contributed by atoms with Crippen LogP contribution in [0.2, 0.25) is 10.0 Å². The molecule has 21 heavy (non-hydrogen) atoms. The van der Waals surface area contributed by atoms with Crippen LogP contribution in [0.5, 0.6) is 0 Å². The molecule has 0 atom stereocenters. The molecule has 2 aromatic rings. The Morgan fingerprint density at radius 3 is 2.62 bits per heavy atom. The first kappa shape index (κ1) is 15.8. The van der Waals surface area contributed by atoms with E-state index >= 15 is 0 Å². The number of imidazole rings is 1. The van der Waals surface area contributed by atoms with E-state index in [4.69, 9.17) is 23.2 Å². The number of nitrogens with zero attached hydrogens (tertiary/aromatic N) is 2. The van der Waals surface area contributed by atoms with E-state index in [-0.39, 0.29) is 10.2 Å². The molecule has 0 saturated carbocycles. The van der Waals surface area contributed by atoms with Crippen molar-refractivity contribution in [1.82, 2.24) is 9.55 Å². The Morgan fingerprint density at radius 1 is 1.33 bits per heavy atom. The van der Waals surface area contributed by atoms with Crippen molar-refractivity contribution in [3.05, 3.63) is 40.6 Å². The molecule has 1 aromatic carbocycles. The second-order valence-corrected chi connectivity index (χ2v) is 6.95. The summed E-state index contributed by atoms with van der Waals surface area (Å²) in [5.41, 5.74) is 0.365. The van der Waals surface area contributed by atoms with Gasteiger partial charge in [-0.2, -0.15) is 0 Å². The van der Waals surface area contributed by atoms with Crippen molar-refractivity contribution >= 4 is 44.6 Å². The van der Waals surface area contributed by atoms with E-state index in [1.807, 2.05) is 0 Å². The first-order valence-corrected chi connectivity index (χ1v) is 8.15. The van der Waals surface area contributed by atoms with Crippen molar-refractivity contribution in [1.29, 1.82) is 0 Å². The Morgan fingerprint density at radius 2 is 2.05 bits per heavy atom. The Hall–Kier alpha value is -1.57. The molecular weight excluding hydrogens is 337 g/mol. The Labute approximate surface area is 131 Å². The van der Waals surface area contributed by atoms with Crippen LogP contribution in [0.4, 0.5) is 5.69 Å². The second-order valence-electron chi connectivity index (χ2n) is 4.26. The maximum absolute atomic E-state index is 12.0. The van der Waals surface area contributed by atoms with Gasteiger partial charge in [0.2, 0.25) is 20.9 Å². The van der Waals surface area contributed by atoms with Crippen molar-refractivity contribution in [3.63, 3.8) is 0 Å². The standard InChI is InChI=1S/C12H11Cl2N3O3S/c1-17-5-4-15-12(17)21(19,20)7-11(18)16-8-2-3-9(13)10(14)6-8/h2-6H,7H2,1H3,(H,16,18). The van der Waals surface area contributed by atoms with Gasteiger partial charge in [0.15, 0.2) is 0 Å². The summed E-state index contributed by atoms with van der Waals surface area (Å²) in [5, 5.41) is 2.90. The van der Waals surface area contributed by atoms with Gasteiger partial charge in [0.25, 0.3) is 0 Å². The molecular formula is C12H11Cl2N3O3S. The van der Waals surface area contributed by atoms with E-state index in [1.54, 1.807) is 0 Å². The van der Waals surface area contributed by atoms with Gasteiger partial charge in [-0.15, -0.1) is 0 Å². The lowest BCUT2D eigenvalue weighted by Gasteiger charge is -2.07. The number of sulfone groups is 1. The molecule has 112 valence electrons. The van der Waals surface area contributed by atoms with Gasteiger partial charge in [-0.25, -0.2) is 13.4 Å². The molecule has 0 aliphatic carbocycles. The summed E-state index contributed by atoms with van der Waals surface area (Å²) in [6, 6.07) is 4.47. The predicted molar refractivity (Wildman–Crippen MR) is 80.4 cm³/mol. The summed E-state index contributed by atoms with van der Waals surface area (Å²) in [6.45, 7) is 0. The lowest BCUT2D eigenvalue weighted by Crippen LogP contribution is -2.24. The van der Waals surface area contributed by atoms with Crippen molar-refractivity contribution in [2.75, 3.05) is 11.1 Å². The van der Waals surface area contributed by atoms with Crippen LogP contribution in [-0.4, -0.2) is 29.6 Å². The molecule has 0 aliphatic heterocycles. The normalized spacial score (nSPS) is 11.4. The van der Waals surface area contributed by atoms with Gasteiger partial charge < -0.3 is 9.88 Å². The van der Waals surface area contributed by atoms with Crippen LogP contribution in [-0.2, 0) is 21.7 Å². The average molecular weight is 348 g/mol. The van der Waals surface area contributed by atoms with Gasteiger partial charge in [0.1, 0.15) is 5.75 Å². The fourth-order valence-electron chi connectivity index (χ4n) is 1.66. The molecule has 6 nitrogen and oxygen atoms in total. The number of benzene rings is 1. The lowest BCUT2D eigenvalue weighted by atomic mass is 10.3. The molecule has 2 rings (SSSR count). The number of amides is 1. The highest BCUT2D eigenvalue weighted by Crippen LogP contribution is 2.25. The topological polar surface area (TPSA) is 81.1 Å². The minimum atomic E-state index is -3.80. The van der Waals surface area contributed by atoms with Crippen LogP contribution in [0.15, 0.2) is 35.7 Å². The zero-order valence-corrected chi connectivity index (χ0v) is 13.2. The van der Waals surface area contributed by atoms with Crippen LogP contribution in [0.1, 0.15) is 0 Å². The van der Waals surface area contributed by atoms with Crippen LogP contribution < -0.4 is 5.32 Å². The molecule has 0 saturated heterocycles. The smallest absolute Gasteiger partial charge is 0.240 e. The number of rotatable bonds is 4. The molecule has 0 aliphatic rings. The summed E-state index contributed by atoms with van der Waals surface area (Å²) < 4.78 is 25.4. The van der Waals surface area contributed by atoms with Crippen molar-refractivity contribution in [2.24, 2.45) is 7.05 Å². The van der Waals surface area contributed by atoms with E-state index in [1.165, 1.54) is 42.2 Å². The number of aryl methyl sites for hydroxylation is 1. The van der Waals surface area contributed by atoms with Crippen LogP contribution >= 0.6 is 23.2 Å². The van der Waals surface area contributed by atoms with Crippen molar-refractivity contribution < 1.29 is 13.2 Å². The summed E-state index contributed by atoms with van der Waals surface area (Å²) in [4.78, 5) is 15.6. The molecule has 0 fully saturated rings. The van der Waals surface area contributed by atoms with E-state index < -0.39 is 21.5 Å². The first-order chi connectivity index (χ1) is 9.79. The molecule has 9 heteroatoms. The van der Waals surface area contributed by atoms with E-state index in [0.29, 0.717) is 10.7 Å². The molecule has 0 spiro atoms. The van der Waals surface area contributed by atoms with E-state index in [0.717, 1.165) is 0 Å². The molecule has 1 heterocycles. The number of hydrogen-bond acceptors (Lipinski definition) is 4. The van der Waals surface area contributed by atoms with Gasteiger partial charge in [0.05, 0.1) is 10.0 Å². The maximum Gasteiger partial charge on any atom is 0.240 e. The fraction of sp³-hybridized carbons (Fsp3) is 0.167. The zero-order chi connectivity index (χ0) is 15.6. The van der Waals surface area contributed by atoms with Crippen LogP contribution in [0, 0.1) is 0 Å².